The summed E-state index contributed by atoms with van der Waals surface area (Å²) >= 11 is 4.00. The Morgan fingerprint density at radius 1 is 1.50 bits per heavy atom. The minimum atomic E-state index is 0.210. The number of aryl methyl sites for hydroxylation is 2. The highest BCUT2D eigenvalue weighted by Gasteiger charge is 2.18. The van der Waals surface area contributed by atoms with Gasteiger partial charge in [0.25, 0.3) is 0 Å². The maximum absolute atomic E-state index is 6.06. The number of anilines is 1. The second kappa shape index (κ2) is 4.37. The van der Waals surface area contributed by atoms with Crippen molar-refractivity contribution in [3.63, 3.8) is 0 Å². The SMILES string of the molecule is Cc1ccsc1C(C)n1nc(C)c(I)c1N. The van der Waals surface area contributed by atoms with E-state index in [0.717, 1.165) is 15.1 Å². The van der Waals surface area contributed by atoms with Crippen molar-refractivity contribution in [1.82, 2.24) is 9.78 Å². The lowest BCUT2D eigenvalue weighted by Crippen LogP contribution is -2.11. The van der Waals surface area contributed by atoms with E-state index in [4.69, 9.17) is 5.73 Å². The average molecular weight is 347 g/mol. The molecule has 0 aliphatic carbocycles. The molecule has 2 aromatic rings. The molecule has 3 nitrogen and oxygen atoms in total. The molecule has 0 aromatic carbocycles. The van der Waals surface area contributed by atoms with Gasteiger partial charge in [0.1, 0.15) is 5.82 Å². The van der Waals surface area contributed by atoms with Crippen LogP contribution in [0.3, 0.4) is 0 Å². The molecule has 0 amide bonds. The Labute approximate surface area is 113 Å². The van der Waals surface area contributed by atoms with Crippen molar-refractivity contribution in [2.45, 2.75) is 26.8 Å². The van der Waals surface area contributed by atoms with Gasteiger partial charge in [0, 0.05) is 4.88 Å². The van der Waals surface area contributed by atoms with Crippen LogP contribution in [-0.4, -0.2) is 9.78 Å². The lowest BCUT2D eigenvalue weighted by Gasteiger charge is -2.13. The van der Waals surface area contributed by atoms with Gasteiger partial charge in [-0.05, 0) is 60.4 Å². The van der Waals surface area contributed by atoms with Crippen molar-refractivity contribution >= 4 is 39.7 Å². The maximum Gasteiger partial charge on any atom is 0.136 e. The van der Waals surface area contributed by atoms with Gasteiger partial charge in [-0.1, -0.05) is 0 Å². The van der Waals surface area contributed by atoms with E-state index in [9.17, 15) is 0 Å². The lowest BCUT2D eigenvalue weighted by atomic mass is 10.2. The van der Waals surface area contributed by atoms with Gasteiger partial charge < -0.3 is 5.73 Å². The van der Waals surface area contributed by atoms with Crippen LogP contribution in [0, 0.1) is 17.4 Å². The first kappa shape index (κ1) is 11.9. The number of nitrogens with two attached hydrogens (primary N) is 1. The van der Waals surface area contributed by atoms with E-state index in [2.05, 4.69) is 53.0 Å². The van der Waals surface area contributed by atoms with Gasteiger partial charge >= 0.3 is 0 Å². The standard InChI is InChI=1S/C11H14IN3S/c1-6-4-5-16-10(6)8(3)15-11(13)9(12)7(2)14-15/h4-5,8H,13H2,1-3H3. The van der Waals surface area contributed by atoms with Crippen LogP contribution in [0.4, 0.5) is 5.82 Å². The fourth-order valence-electron chi connectivity index (χ4n) is 1.76. The minimum absolute atomic E-state index is 0.210. The summed E-state index contributed by atoms with van der Waals surface area (Å²) in [6, 6.07) is 2.34. The zero-order valence-corrected chi connectivity index (χ0v) is 12.5. The number of thiophene rings is 1. The summed E-state index contributed by atoms with van der Waals surface area (Å²) in [5.41, 5.74) is 8.36. The number of nitrogen functional groups attached to an aromatic ring is 1. The molecule has 2 heterocycles. The number of halogens is 1. The number of hydrogen-bond donors (Lipinski definition) is 1. The van der Waals surface area contributed by atoms with Crippen molar-refractivity contribution in [3.8, 4) is 0 Å². The maximum atomic E-state index is 6.06. The quantitative estimate of drug-likeness (QED) is 0.847. The molecular formula is C11H14IN3S. The zero-order chi connectivity index (χ0) is 11.9. The summed E-state index contributed by atoms with van der Waals surface area (Å²) in [6.45, 7) is 6.25. The van der Waals surface area contributed by atoms with E-state index < -0.39 is 0 Å². The molecular weight excluding hydrogens is 333 g/mol. The minimum Gasteiger partial charge on any atom is -0.383 e. The molecule has 2 aromatic heterocycles. The molecule has 0 radical (unpaired) electrons. The second-order valence-corrected chi connectivity index (χ2v) is 5.90. The third kappa shape index (κ3) is 1.86. The van der Waals surface area contributed by atoms with Gasteiger partial charge in [0.2, 0.25) is 0 Å². The predicted octanol–water partition coefficient (Wildman–Crippen LogP) is 3.36. The molecule has 1 atom stereocenters. The van der Waals surface area contributed by atoms with Gasteiger partial charge in [-0.25, -0.2) is 4.68 Å². The Morgan fingerprint density at radius 3 is 2.62 bits per heavy atom. The zero-order valence-electron chi connectivity index (χ0n) is 9.49. The highest BCUT2D eigenvalue weighted by molar-refractivity contribution is 14.1. The van der Waals surface area contributed by atoms with Crippen LogP contribution >= 0.6 is 33.9 Å². The van der Waals surface area contributed by atoms with Crippen LogP contribution in [0.5, 0.6) is 0 Å². The Balaban J connectivity index is 2.45. The van der Waals surface area contributed by atoms with Crippen molar-refractivity contribution in [2.24, 2.45) is 0 Å². The molecule has 1 unspecified atom stereocenters. The number of nitrogens with zero attached hydrogens (tertiary/aromatic N) is 2. The van der Waals surface area contributed by atoms with E-state index in [1.54, 1.807) is 11.3 Å². The van der Waals surface area contributed by atoms with E-state index in [1.807, 2.05) is 11.6 Å². The van der Waals surface area contributed by atoms with E-state index in [1.165, 1.54) is 10.4 Å². The molecule has 0 saturated carbocycles. The highest BCUT2D eigenvalue weighted by atomic mass is 127. The molecule has 0 spiro atoms. The largest absolute Gasteiger partial charge is 0.383 e. The van der Waals surface area contributed by atoms with Crippen molar-refractivity contribution in [3.05, 3.63) is 31.2 Å². The van der Waals surface area contributed by atoms with Crippen LogP contribution < -0.4 is 5.73 Å². The second-order valence-electron chi connectivity index (χ2n) is 3.87. The van der Waals surface area contributed by atoms with Gasteiger partial charge in [-0.2, -0.15) is 5.10 Å². The number of rotatable bonds is 2. The number of aromatic nitrogens is 2. The Hall–Kier alpha value is -0.560. The third-order valence-electron chi connectivity index (χ3n) is 2.70. The van der Waals surface area contributed by atoms with Gasteiger partial charge in [-0.3, -0.25) is 0 Å². The molecule has 0 aliphatic heterocycles. The van der Waals surface area contributed by atoms with Crippen molar-refractivity contribution < 1.29 is 0 Å². The molecule has 5 heteroatoms. The van der Waals surface area contributed by atoms with Crippen LogP contribution in [-0.2, 0) is 0 Å². The lowest BCUT2D eigenvalue weighted by molar-refractivity contribution is 0.575. The molecule has 0 fully saturated rings. The summed E-state index contributed by atoms with van der Waals surface area (Å²) in [4.78, 5) is 1.32. The summed E-state index contributed by atoms with van der Waals surface area (Å²) in [5.74, 6) is 0.762. The smallest absolute Gasteiger partial charge is 0.136 e. The van der Waals surface area contributed by atoms with Crippen LogP contribution in [0.25, 0.3) is 0 Å². The Morgan fingerprint density at radius 2 is 2.19 bits per heavy atom. The third-order valence-corrected chi connectivity index (χ3v) is 5.22. The molecule has 0 aliphatic rings. The molecule has 16 heavy (non-hydrogen) atoms. The van der Waals surface area contributed by atoms with Crippen molar-refractivity contribution in [2.75, 3.05) is 5.73 Å². The summed E-state index contributed by atoms with van der Waals surface area (Å²) in [7, 11) is 0. The summed E-state index contributed by atoms with van der Waals surface area (Å²) < 4.78 is 2.97. The predicted molar refractivity (Wildman–Crippen MR) is 77.0 cm³/mol. The first-order valence-electron chi connectivity index (χ1n) is 5.06. The topological polar surface area (TPSA) is 43.8 Å². The molecule has 86 valence electrons. The average Bonchev–Trinajstić information content (AvgIpc) is 2.77. The van der Waals surface area contributed by atoms with Gasteiger partial charge in [-0.15, -0.1) is 11.3 Å². The molecule has 2 rings (SSSR count). The Kier molecular flexibility index (Phi) is 3.25. The van der Waals surface area contributed by atoms with E-state index >= 15 is 0 Å². The van der Waals surface area contributed by atoms with Crippen LogP contribution in [0.15, 0.2) is 11.4 Å². The summed E-state index contributed by atoms with van der Waals surface area (Å²) in [6.07, 6.45) is 0. The van der Waals surface area contributed by atoms with Crippen LogP contribution in [0.1, 0.15) is 29.1 Å². The highest BCUT2D eigenvalue weighted by Crippen LogP contribution is 2.30. The monoisotopic (exact) mass is 347 g/mol. The molecule has 0 bridgehead atoms. The first-order chi connectivity index (χ1) is 7.52. The fourth-order valence-corrected chi connectivity index (χ4v) is 3.09. The summed E-state index contributed by atoms with van der Waals surface area (Å²) in [5, 5.41) is 6.61. The molecule has 2 N–H and O–H groups in total. The van der Waals surface area contributed by atoms with Crippen molar-refractivity contribution in [1.29, 1.82) is 0 Å². The van der Waals surface area contributed by atoms with E-state index in [0.29, 0.717) is 0 Å². The molecule has 0 saturated heterocycles. The van der Waals surface area contributed by atoms with Gasteiger partial charge in [0.05, 0.1) is 15.3 Å². The van der Waals surface area contributed by atoms with Crippen LogP contribution in [0.2, 0.25) is 0 Å². The normalized spacial score (nSPS) is 13.0. The van der Waals surface area contributed by atoms with E-state index in [-0.39, 0.29) is 6.04 Å². The fraction of sp³-hybridized carbons (Fsp3) is 0.364. The number of hydrogen-bond acceptors (Lipinski definition) is 3. The first-order valence-corrected chi connectivity index (χ1v) is 7.02. The van der Waals surface area contributed by atoms with Gasteiger partial charge in [0.15, 0.2) is 0 Å². The Bertz CT molecular complexity index is 515.